The van der Waals surface area contributed by atoms with E-state index in [2.05, 4.69) is 12.2 Å². The van der Waals surface area contributed by atoms with E-state index in [9.17, 15) is 0 Å². The number of unbranched alkanes of at least 4 members (excludes halogenated alkanes) is 5. The average Bonchev–Trinajstić information content (AvgIpc) is 2.26. The van der Waals surface area contributed by atoms with Crippen LogP contribution in [-0.2, 0) is 4.74 Å². The van der Waals surface area contributed by atoms with Gasteiger partial charge in [-0.1, -0.05) is 26.2 Å². The molecular formula is C12H27NO2. The smallest absolute Gasteiger partial charge is 0.0965 e. The van der Waals surface area contributed by atoms with Crippen LogP contribution in [0.15, 0.2) is 0 Å². The monoisotopic (exact) mass is 217 g/mol. The molecule has 0 saturated heterocycles. The number of aliphatic hydroxyl groups excluding tert-OH is 1. The van der Waals surface area contributed by atoms with Gasteiger partial charge in [-0.3, -0.25) is 5.32 Å². The highest BCUT2D eigenvalue weighted by atomic mass is 16.5. The van der Waals surface area contributed by atoms with Crippen LogP contribution in [0.3, 0.4) is 0 Å². The van der Waals surface area contributed by atoms with Crippen LogP contribution in [0.25, 0.3) is 0 Å². The minimum atomic E-state index is 0.301. The van der Waals surface area contributed by atoms with Gasteiger partial charge in [-0.15, -0.1) is 0 Å². The van der Waals surface area contributed by atoms with Crippen molar-refractivity contribution in [2.75, 3.05) is 26.5 Å². The molecule has 0 aliphatic carbocycles. The molecule has 0 atom stereocenters. The Morgan fingerprint density at radius 3 is 2.53 bits per heavy atom. The molecule has 0 amide bonds. The molecule has 0 fully saturated rings. The molecule has 0 radical (unpaired) electrons. The SMILES string of the molecule is CCCCCCNCOCCCCCO. The summed E-state index contributed by atoms with van der Waals surface area (Å²) in [5.41, 5.74) is 0. The van der Waals surface area contributed by atoms with Gasteiger partial charge >= 0.3 is 0 Å². The summed E-state index contributed by atoms with van der Waals surface area (Å²) in [6, 6.07) is 0. The lowest BCUT2D eigenvalue weighted by Gasteiger charge is -2.05. The van der Waals surface area contributed by atoms with Crippen LogP contribution < -0.4 is 5.32 Å². The van der Waals surface area contributed by atoms with Gasteiger partial charge in [-0.25, -0.2) is 0 Å². The van der Waals surface area contributed by atoms with Crippen molar-refractivity contribution in [3.05, 3.63) is 0 Å². The molecule has 3 heteroatoms. The predicted octanol–water partition coefficient (Wildman–Crippen LogP) is 2.29. The normalized spacial score (nSPS) is 10.8. The van der Waals surface area contributed by atoms with Gasteiger partial charge in [0.1, 0.15) is 0 Å². The second-order valence-corrected chi connectivity index (χ2v) is 3.90. The third-order valence-electron chi connectivity index (χ3n) is 2.36. The third-order valence-corrected chi connectivity index (χ3v) is 2.36. The zero-order chi connectivity index (χ0) is 11.2. The van der Waals surface area contributed by atoms with E-state index < -0.39 is 0 Å². The molecule has 0 aromatic heterocycles. The lowest BCUT2D eigenvalue weighted by atomic mass is 10.2. The summed E-state index contributed by atoms with van der Waals surface area (Å²) in [6.07, 6.45) is 8.21. The van der Waals surface area contributed by atoms with E-state index in [0.29, 0.717) is 13.3 Å². The highest BCUT2D eigenvalue weighted by Crippen LogP contribution is 1.97. The van der Waals surface area contributed by atoms with Crippen molar-refractivity contribution in [3.63, 3.8) is 0 Å². The van der Waals surface area contributed by atoms with E-state index in [1.807, 2.05) is 0 Å². The first-order valence-corrected chi connectivity index (χ1v) is 6.31. The van der Waals surface area contributed by atoms with Gasteiger partial charge in [0.25, 0.3) is 0 Å². The van der Waals surface area contributed by atoms with Crippen molar-refractivity contribution in [2.45, 2.75) is 51.9 Å². The van der Waals surface area contributed by atoms with Crippen molar-refractivity contribution in [1.29, 1.82) is 0 Å². The van der Waals surface area contributed by atoms with Gasteiger partial charge in [0.05, 0.1) is 6.73 Å². The van der Waals surface area contributed by atoms with Crippen LogP contribution in [0, 0.1) is 0 Å². The molecule has 0 saturated carbocycles. The van der Waals surface area contributed by atoms with Gasteiger partial charge in [0.2, 0.25) is 0 Å². The van der Waals surface area contributed by atoms with Crippen LogP contribution in [0.2, 0.25) is 0 Å². The van der Waals surface area contributed by atoms with Crippen LogP contribution in [0.1, 0.15) is 51.9 Å². The van der Waals surface area contributed by atoms with E-state index in [1.165, 1.54) is 25.7 Å². The van der Waals surface area contributed by atoms with Crippen molar-refractivity contribution in [3.8, 4) is 0 Å². The van der Waals surface area contributed by atoms with Crippen LogP contribution in [0.4, 0.5) is 0 Å². The van der Waals surface area contributed by atoms with Gasteiger partial charge in [0, 0.05) is 13.2 Å². The number of nitrogens with one attached hydrogen (secondary N) is 1. The van der Waals surface area contributed by atoms with Crippen molar-refractivity contribution in [1.82, 2.24) is 5.32 Å². The third kappa shape index (κ3) is 13.9. The standard InChI is InChI=1S/C12H27NO2/c1-2-3-4-6-9-13-12-15-11-8-5-7-10-14/h13-14H,2-12H2,1H3. The van der Waals surface area contributed by atoms with Crippen LogP contribution in [0.5, 0.6) is 0 Å². The quantitative estimate of drug-likeness (QED) is 0.389. The number of aliphatic hydroxyl groups is 1. The molecule has 0 heterocycles. The molecule has 2 N–H and O–H groups in total. The molecular weight excluding hydrogens is 190 g/mol. The Balaban J connectivity index is 2.81. The molecule has 0 aliphatic rings. The average molecular weight is 217 g/mol. The highest BCUT2D eigenvalue weighted by molar-refractivity contribution is 4.44. The topological polar surface area (TPSA) is 41.5 Å². The van der Waals surface area contributed by atoms with E-state index in [4.69, 9.17) is 9.84 Å². The number of rotatable bonds is 12. The number of ether oxygens (including phenoxy) is 1. The summed E-state index contributed by atoms with van der Waals surface area (Å²) in [4.78, 5) is 0. The van der Waals surface area contributed by atoms with Crippen LogP contribution >= 0.6 is 0 Å². The molecule has 0 aliphatic heterocycles. The molecule has 0 aromatic carbocycles. The van der Waals surface area contributed by atoms with E-state index in [0.717, 1.165) is 32.4 Å². The molecule has 15 heavy (non-hydrogen) atoms. The van der Waals surface area contributed by atoms with Gasteiger partial charge < -0.3 is 9.84 Å². The Morgan fingerprint density at radius 2 is 1.80 bits per heavy atom. The van der Waals surface area contributed by atoms with E-state index >= 15 is 0 Å². The minimum absolute atomic E-state index is 0.301. The maximum absolute atomic E-state index is 8.56. The maximum atomic E-state index is 8.56. The summed E-state index contributed by atoms with van der Waals surface area (Å²) >= 11 is 0. The van der Waals surface area contributed by atoms with E-state index in [-0.39, 0.29) is 0 Å². The summed E-state index contributed by atoms with van der Waals surface area (Å²) in [6.45, 7) is 5.07. The molecule has 0 bridgehead atoms. The van der Waals surface area contributed by atoms with Crippen molar-refractivity contribution < 1.29 is 9.84 Å². The van der Waals surface area contributed by atoms with Crippen molar-refractivity contribution >= 4 is 0 Å². The first-order valence-electron chi connectivity index (χ1n) is 6.31. The van der Waals surface area contributed by atoms with Gasteiger partial charge in [-0.05, 0) is 32.2 Å². The first kappa shape index (κ1) is 14.9. The summed E-state index contributed by atoms with van der Waals surface area (Å²) in [5.74, 6) is 0. The predicted molar refractivity (Wildman–Crippen MR) is 63.9 cm³/mol. The fraction of sp³-hybridized carbons (Fsp3) is 1.00. The molecule has 92 valence electrons. The zero-order valence-electron chi connectivity index (χ0n) is 10.1. The maximum Gasteiger partial charge on any atom is 0.0965 e. The molecule has 0 spiro atoms. The Kier molecular flexibility index (Phi) is 13.8. The lowest BCUT2D eigenvalue weighted by molar-refractivity contribution is 0.111. The van der Waals surface area contributed by atoms with Crippen LogP contribution in [-0.4, -0.2) is 31.6 Å². The Morgan fingerprint density at radius 1 is 1.00 bits per heavy atom. The first-order chi connectivity index (χ1) is 7.41. The van der Waals surface area contributed by atoms with E-state index in [1.54, 1.807) is 0 Å². The zero-order valence-corrected chi connectivity index (χ0v) is 10.1. The van der Waals surface area contributed by atoms with Gasteiger partial charge in [-0.2, -0.15) is 0 Å². The Bertz CT molecular complexity index is 97.8. The van der Waals surface area contributed by atoms with Crippen molar-refractivity contribution in [2.24, 2.45) is 0 Å². The Hall–Kier alpha value is -0.120. The lowest BCUT2D eigenvalue weighted by Crippen LogP contribution is -2.19. The largest absolute Gasteiger partial charge is 0.396 e. The fourth-order valence-corrected chi connectivity index (χ4v) is 1.39. The molecule has 0 unspecified atom stereocenters. The number of hydrogen-bond donors (Lipinski definition) is 2. The highest BCUT2D eigenvalue weighted by Gasteiger charge is 1.90. The Labute approximate surface area is 94.2 Å². The second kappa shape index (κ2) is 13.9. The summed E-state index contributed by atoms with van der Waals surface area (Å²) in [5, 5.41) is 11.8. The summed E-state index contributed by atoms with van der Waals surface area (Å²) < 4.78 is 5.39. The summed E-state index contributed by atoms with van der Waals surface area (Å²) in [7, 11) is 0. The molecule has 0 aromatic rings. The fourth-order valence-electron chi connectivity index (χ4n) is 1.39. The second-order valence-electron chi connectivity index (χ2n) is 3.90. The molecule has 3 nitrogen and oxygen atoms in total. The number of hydrogen-bond acceptors (Lipinski definition) is 3. The molecule has 0 rings (SSSR count). The van der Waals surface area contributed by atoms with Gasteiger partial charge in [0.15, 0.2) is 0 Å². The minimum Gasteiger partial charge on any atom is -0.396 e.